The fraction of sp³-hybridized carbons (Fsp3) is 0.556. The van der Waals surface area contributed by atoms with Crippen molar-refractivity contribution < 1.29 is 4.74 Å². The number of hydrogen-bond donors (Lipinski definition) is 0. The van der Waals surface area contributed by atoms with Crippen LogP contribution in [0.5, 0.6) is 0 Å². The maximum atomic E-state index is 5.42. The van der Waals surface area contributed by atoms with Crippen molar-refractivity contribution in [2.24, 2.45) is 0 Å². The molecule has 2 rings (SSSR count). The highest BCUT2D eigenvalue weighted by molar-refractivity contribution is 5.28. The summed E-state index contributed by atoms with van der Waals surface area (Å²) in [6.45, 7) is 4.54. The molecule has 1 aliphatic rings. The minimum atomic E-state index is 0.265. The van der Waals surface area contributed by atoms with Crippen molar-refractivity contribution in [3.63, 3.8) is 0 Å². The van der Waals surface area contributed by atoms with Crippen LogP contribution < -0.4 is 4.90 Å². The highest BCUT2D eigenvalue weighted by atomic mass is 16.5. The zero-order valence-corrected chi connectivity index (χ0v) is 7.60. The van der Waals surface area contributed by atoms with Crippen LogP contribution in [-0.4, -0.2) is 35.8 Å². The first-order valence-corrected chi connectivity index (χ1v) is 4.41. The lowest BCUT2D eigenvalue weighted by Crippen LogP contribution is -2.41. The molecule has 0 unspecified atom stereocenters. The van der Waals surface area contributed by atoms with E-state index in [1.807, 2.05) is 0 Å². The molecule has 0 aromatic carbocycles. The van der Waals surface area contributed by atoms with Crippen molar-refractivity contribution in [1.82, 2.24) is 9.97 Å². The van der Waals surface area contributed by atoms with Crippen molar-refractivity contribution >= 4 is 5.95 Å². The van der Waals surface area contributed by atoms with Gasteiger partial charge in [-0.1, -0.05) is 0 Å². The van der Waals surface area contributed by atoms with Crippen molar-refractivity contribution in [2.45, 2.75) is 13.0 Å². The fourth-order valence-corrected chi connectivity index (χ4v) is 1.42. The van der Waals surface area contributed by atoms with Gasteiger partial charge in [-0.2, -0.15) is 0 Å². The average molecular weight is 178 g/mol. The molecule has 1 fully saturated rings. The maximum absolute atomic E-state index is 5.42. The summed E-state index contributed by atoms with van der Waals surface area (Å²) in [7, 11) is 0. The lowest BCUT2D eigenvalue weighted by atomic mass is 10.3. The summed E-state index contributed by atoms with van der Waals surface area (Å²) in [5, 5.41) is 0. The summed E-state index contributed by atoms with van der Waals surface area (Å²) >= 11 is 0. The molecule has 1 atom stereocenters. The molecule has 1 aliphatic heterocycles. The molecule has 0 saturated carbocycles. The number of nitrogens with zero attached hydrogens (tertiary/aromatic N) is 3. The lowest BCUT2D eigenvalue weighted by Gasteiger charge is -2.30. The molecule has 0 aliphatic carbocycles. The Labute approximate surface area is 77.6 Å². The third-order valence-corrected chi connectivity index (χ3v) is 2.03. The second kappa shape index (κ2) is 3.70. The van der Waals surface area contributed by atoms with Crippen LogP contribution in [0.2, 0.25) is 0 Å². The van der Waals surface area contributed by atoms with Gasteiger partial charge in [0.05, 0.1) is 12.7 Å². The molecule has 2 heterocycles. The van der Waals surface area contributed by atoms with Crippen LogP contribution in [0.1, 0.15) is 6.92 Å². The second-order valence-electron chi connectivity index (χ2n) is 3.11. The number of ether oxygens (including phenoxy) is 1. The van der Waals surface area contributed by atoms with E-state index in [-0.39, 0.29) is 6.10 Å². The Morgan fingerprint density at radius 3 is 3.00 bits per heavy atom. The molecular weight excluding hydrogens is 166 g/mol. The van der Waals surface area contributed by atoms with Gasteiger partial charge in [0.15, 0.2) is 0 Å². The molecule has 0 bridgehead atoms. The summed E-state index contributed by atoms with van der Waals surface area (Å²) in [6, 6.07) is 2.80. The predicted molar refractivity (Wildman–Crippen MR) is 48.5 cm³/mol. The lowest BCUT2D eigenvalue weighted by molar-refractivity contribution is 0.0526. The summed E-state index contributed by atoms with van der Waals surface area (Å²) in [6.07, 6.45) is 3.55. The van der Waals surface area contributed by atoms with E-state index in [9.17, 15) is 0 Å². The summed E-state index contributed by atoms with van der Waals surface area (Å²) in [5.74, 6) is 0.772. The Morgan fingerprint density at radius 2 is 2.31 bits per heavy atom. The van der Waals surface area contributed by atoms with Gasteiger partial charge >= 0.3 is 0 Å². The van der Waals surface area contributed by atoms with Crippen LogP contribution in [0, 0.1) is 6.07 Å². The number of rotatable bonds is 1. The van der Waals surface area contributed by atoms with E-state index in [0.717, 1.165) is 25.6 Å². The second-order valence-corrected chi connectivity index (χ2v) is 3.11. The van der Waals surface area contributed by atoms with Gasteiger partial charge < -0.3 is 9.64 Å². The van der Waals surface area contributed by atoms with Crippen LogP contribution in [0.15, 0.2) is 12.4 Å². The molecule has 69 valence electrons. The number of anilines is 1. The van der Waals surface area contributed by atoms with Gasteiger partial charge in [-0.15, -0.1) is 0 Å². The van der Waals surface area contributed by atoms with Crippen LogP contribution in [0.4, 0.5) is 5.95 Å². The van der Waals surface area contributed by atoms with Crippen LogP contribution in [0.3, 0.4) is 0 Å². The van der Waals surface area contributed by atoms with Gasteiger partial charge in [-0.05, 0) is 6.92 Å². The molecule has 13 heavy (non-hydrogen) atoms. The first-order valence-electron chi connectivity index (χ1n) is 4.41. The van der Waals surface area contributed by atoms with E-state index in [4.69, 9.17) is 4.74 Å². The normalized spacial score (nSPS) is 23.2. The zero-order valence-electron chi connectivity index (χ0n) is 7.60. The number of hydrogen-bond acceptors (Lipinski definition) is 4. The SMILES string of the molecule is C[C@@H]1CN(c2nc[c]cn2)CCO1. The summed E-state index contributed by atoms with van der Waals surface area (Å²) < 4.78 is 5.42. The molecule has 0 N–H and O–H groups in total. The quantitative estimate of drug-likeness (QED) is 0.627. The Kier molecular flexibility index (Phi) is 2.40. The molecule has 4 nitrogen and oxygen atoms in total. The van der Waals surface area contributed by atoms with E-state index in [0.29, 0.717) is 0 Å². The fourth-order valence-electron chi connectivity index (χ4n) is 1.42. The van der Waals surface area contributed by atoms with E-state index in [1.165, 1.54) is 0 Å². The van der Waals surface area contributed by atoms with Gasteiger partial charge in [0.1, 0.15) is 0 Å². The van der Waals surface area contributed by atoms with Crippen LogP contribution in [-0.2, 0) is 4.74 Å². The van der Waals surface area contributed by atoms with Gasteiger partial charge in [-0.25, -0.2) is 9.97 Å². The smallest absolute Gasteiger partial charge is 0.225 e. The molecule has 4 heteroatoms. The predicted octanol–water partition coefficient (Wildman–Crippen LogP) is 0.502. The standard InChI is InChI=1S/C9H12N3O/c1-8-7-12(5-6-13-8)9-10-3-2-4-11-9/h3-4,8H,5-7H2,1H3/t8-/m1/s1. The minimum absolute atomic E-state index is 0.265. The third-order valence-electron chi connectivity index (χ3n) is 2.03. The van der Waals surface area contributed by atoms with E-state index in [2.05, 4.69) is 27.9 Å². The molecule has 1 aromatic heterocycles. The van der Waals surface area contributed by atoms with Gasteiger partial charge in [-0.3, -0.25) is 0 Å². The van der Waals surface area contributed by atoms with Crippen molar-refractivity contribution in [3.8, 4) is 0 Å². The van der Waals surface area contributed by atoms with Crippen molar-refractivity contribution in [2.75, 3.05) is 24.6 Å². The summed E-state index contributed by atoms with van der Waals surface area (Å²) in [5.41, 5.74) is 0. The molecule has 1 aromatic rings. The highest BCUT2D eigenvalue weighted by Crippen LogP contribution is 2.10. The topological polar surface area (TPSA) is 38.2 Å². The molecular formula is C9H12N3O. The monoisotopic (exact) mass is 178 g/mol. The Bertz CT molecular complexity index is 265. The van der Waals surface area contributed by atoms with Gasteiger partial charge in [0, 0.05) is 31.5 Å². The van der Waals surface area contributed by atoms with Crippen LogP contribution >= 0.6 is 0 Å². The van der Waals surface area contributed by atoms with E-state index >= 15 is 0 Å². The Hall–Kier alpha value is -1.16. The first-order chi connectivity index (χ1) is 6.36. The third kappa shape index (κ3) is 1.95. The van der Waals surface area contributed by atoms with Crippen molar-refractivity contribution in [1.29, 1.82) is 0 Å². The van der Waals surface area contributed by atoms with E-state index in [1.54, 1.807) is 12.4 Å². The first kappa shape index (κ1) is 8.44. The minimum Gasteiger partial charge on any atom is -0.375 e. The van der Waals surface area contributed by atoms with Gasteiger partial charge in [0.25, 0.3) is 0 Å². The Balaban J connectivity index is 2.08. The largest absolute Gasteiger partial charge is 0.375 e. The maximum Gasteiger partial charge on any atom is 0.225 e. The molecule has 0 amide bonds. The molecule has 0 spiro atoms. The molecule has 1 radical (unpaired) electrons. The Morgan fingerprint density at radius 1 is 1.54 bits per heavy atom. The van der Waals surface area contributed by atoms with Crippen LogP contribution in [0.25, 0.3) is 0 Å². The molecule has 1 saturated heterocycles. The average Bonchev–Trinajstić information content (AvgIpc) is 2.19. The van der Waals surface area contributed by atoms with E-state index < -0.39 is 0 Å². The number of morpholine rings is 1. The van der Waals surface area contributed by atoms with Crippen molar-refractivity contribution in [3.05, 3.63) is 18.5 Å². The zero-order chi connectivity index (χ0) is 9.10. The van der Waals surface area contributed by atoms with Gasteiger partial charge in [0.2, 0.25) is 5.95 Å². The summed E-state index contributed by atoms with van der Waals surface area (Å²) in [4.78, 5) is 10.4. The number of aromatic nitrogens is 2. The highest BCUT2D eigenvalue weighted by Gasteiger charge is 2.18.